The summed E-state index contributed by atoms with van der Waals surface area (Å²) in [6, 6.07) is 11.7. The average Bonchev–Trinajstić information content (AvgIpc) is 3.31. The highest BCUT2D eigenvalue weighted by Crippen LogP contribution is 2.20. The van der Waals surface area contributed by atoms with E-state index in [9.17, 15) is 13.2 Å². The van der Waals surface area contributed by atoms with Gasteiger partial charge in [-0.25, -0.2) is 8.42 Å². The first-order valence-electron chi connectivity index (χ1n) is 8.99. The molecular weight excluding hydrogens is 350 g/mol. The van der Waals surface area contributed by atoms with Gasteiger partial charge in [0.1, 0.15) is 0 Å². The largest absolute Gasteiger partial charge is 0.336 e. The van der Waals surface area contributed by atoms with Crippen LogP contribution in [-0.4, -0.2) is 72.4 Å². The molecule has 0 aliphatic carbocycles. The fraction of sp³-hybridized carbons (Fsp3) is 0.421. The quantitative estimate of drug-likeness (QED) is 0.816. The molecule has 1 aromatic heterocycles. The Bertz CT molecular complexity index is 885. The molecule has 6 nitrogen and oxygen atoms in total. The Kier molecular flexibility index (Phi) is 4.58. The van der Waals surface area contributed by atoms with Gasteiger partial charge in [-0.15, -0.1) is 0 Å². The molecule has 2 saturated heterocycles. The third kappa shape index (κ3) is 3.54. The zero-order valence-electron chi connectivity index (χ0n) is 14.6. The molecule has 2 aromatic rings. The molecule has 1 amide bonds. The number of sulfone groups is 1. The molecule has 2 aliphatic heterocycles. The minimum Gasteiger partial charge on any atom is -0.336 e. The molecular formula is C19H23N3O3S. The molecule has 4 rings (SSSR count). The molecule has 0 bridgehead atoms. The third-order valence-electron chi connectivity index (χ3n) is 5.32. The van der Waals surface area contributed by atoms with Crippen LogP contribution < -0.4 is 0 Å². The highest BCUT2D eigenvalue weighted by atomic mass is 32.2. The number of carbonyl (C=O) groups is 1. The van der Waals surface area contributed by atoms with E-state index < -0.39 is 9.84 Å². The molecule has 138 valence electrons. The lowest BCUT2D eigenvalue weighted by molar-refractivity contribution is 0.0588. The Balaban J connectivity index is 1.40. The average molecular weight is 373 g/mol. The second-order valence-electron chi connectivity index (χ2n) is 7.03. The van der Waals surface area contributed by atoms with Crippen molar-refractivity contribution in [3.63, 3.8) is 0 Å². The van der Waals surface area contributed by atoms with Crippen molar-refractivity contribution in [1.82, 2.24) is 14.4 Å². The van der Waals surface area contributed by atoms with Gasteiger partial charge in [-0.1, -0.05) is 6.07 Å². The molecule has 0 radical (unpaired) electrons. The second-order valence-corrected chi connectivity index (χ2v) is 9.25. The van der Waals surface area contributed by atoms with E-state index >= 15 is 0 Å². The van der Waals surface area contributed by atoms with Gasteiger partial charge in [0, 0.05) is 55.9 Å². The SMILES string of the molecule is O=C(c1cccc(-n2cccc2)c1)N1CCN([C@@H]2CCS(=O)(=O)C2)CC1. The second kappa shape index (κ2) is 6.89. The minimum absolute atomic E-state index is 0.0395. The smallest absolute Gasteiger partial charge is 0.254 e. The number of hydrogen-bond donors (Lipinski definition) is 0. The van der Waals surface area contributed by atoms with Crippen molar-refractivity contribution in [1.29, 1.82) is 0 Å². The summed E-state index contributed by atoms with van der Waals surface area (Å²) in [5.74, 6) is 0.598. The van der Waals surface area contributed by atoms with Gasteiger partial charge in [-0.2, -0.15) is 0 Å². The molecule has 1 aromatic carbocycles. The Labute approximate surface area is 153 Å². The number of carbonyl (C=O) groups excluding carboxylic acids is 1. The maximum atomic E-state index is 12.9. The van der Waals surface area contributed by atoms with E-state index in [1.165, 1.54) is 0 Å². The summed E-state index contributed by atoms with van der Waals surface area (Å²) in [4.78, 5) is 17.0. The van der Waals surface area contributed by atoms with Crippen LogP contribution in [0.25, 0.3) is 5.69 Å². The van der Waals surface area contributed by atoms with Crippen LogP contribution in [-0.2, 0) is 9.84 Å². The van der Waals surface area contributed by atoms with E-state index in [2.05, 4.69) is 4.90 Å². The number of benzene rings is 1. The zero-order valence-corrected chi connectivity index (χ0v) is 15.4. The van der Waals surface area contributed by atoms with Crippen LogP contribution in [0.2, 0.25) is 0 Å². The van der Waals surface area contributed by atoms with Crippen LogP contribution in [0.1, 0.15) is 16.8 Å². The van der Waals surface area contributed by atoms with Gasteiger partial charge in [0.15, 0.2) is 9.84 Å². The summed E-state index contributed by atoms with van der Waals surface area (Å²) >= 11 is 0. The lowest BCUT2D eigenvalue weighted by Gasteiger charge is -2.37. The van der Waals surface area contributed by atoms with Crippen molar-refractivity contribution >= 4 is 15.7 Å². The van der Waals surface area contributed by atoms with Crippen molar-refractivity contribution in [2.75, 3.05) is 37.7 Å². The van der Waals surface area contributed by atoms with E-state index in [-0.39, 0.29) is 17.7 Å². The monoisotopic (exact) mass is 373 g/mol. The zero-order chi connectivity index (χ0) is 18.1. The number of hydrogen-bond acceptors (Lipinski definition) is 4. The van der Waals surface area contributed by atoms with Gasteiger partial charge in [-0.05, 0) is 36.8 Å². The Morgan fingerprint density at radius 3 is 2.38 bits per heavy atom. The van der Waals surface area contributed by atoms with Crippen molar-refractivity contribution < 1.29 is 13.2 Å². The maximum absolute atomic E-state index is 12.9. The highest BCUT2D eigenvalue weighted by molar-refractivity contribution is 7.91. The Morgan fingerprint density at radius 2 is 1.73 bits per heavy atom. The van der Waals surface area contributed by atoms with Crippen molar-refractivity contribution in [3.8, 4) is 5.69 Å². The minimum atomic E-state index is -2.87. The Hall–Kier alpha value is -2.12. The van der Waals surface area contributed by atoms with Crippen molar-refractivity contribution in [2.24, 2.45) is 0 Å². The van der Waals surface area contributed by atoms with E-state index in [1.807, 2.05) is 58.3 Å². The van der Waals surface area contributed by atoms with E-state index in [1.54, 1.807) is 0 Å². The van der Waals surface area contributed by atoms with Crippen LogP contribution in [0, 0.1) is 0 Å². The summed E-state index contributed by atoms with van der Waals surface area (Å²) in [6.07, 6.45) is 4.63. The van der Waals surface area contributed by atoms with Crippen LogP contribution in [0.4, 0.5) is 0 Å². The first kappa shape index (κ1) is 17.3. The molecule has 0 saturated carbocycles. The van der Waals surface area contributed by atoms with Gasteiger partial charge in [0.05, 0.1) is 11.5 Å². The molecule has 7 heteroatoms. The van der Waals surface area contributed by atoms with E-state index in [0.717, 1.165) is 25.2 Å². The predicted molar refractivity (Wildman–Crippen MR) is 100 cm³/mol. The summed E-state index contributed by atoms with van der Waals surface area (Å²) in [7, 11) is -2.87. The summed E-state index contributed by atoms with van der Waals surface area (Å²) < 4.78 is 25.3. The van der Waals surface area contributed by atoms with Crippen molar-refractivity contribution in [3.05, 3.63) is 54.4 Å². The van der Waals surface area contributed by atoms with Crippen LogP contribution >= 0.6 is 0 Å². The van der Waals surface area contributed by atoms with E-state index in [0.29, 0.717) is 24.4 Å². The van der Waals surface area contributed by atoms with Gasteiger partial charge in [0.2, 0.25) is 0 Å². The van der Waals surface area contributed by atoms with Gasteiger partial charge < -0.3 is 9.47 Å². The summed E-state index contributed by atoms with van der Waals surface area (Å²) in [5, 5.41) is 0. The van der Waals surface area contributed by atoms with Crippen molar-refractivity contribution in [2.45, 2.75) is 12.5 Å². The molecule has 2 aliphatic rings. The predicted octanol–water partition coefficient (Wildman–Crippen LogP) is 1.42. The highest BCUT2D eigenvalue weighted by Gasteiger charge is 2.34. The fourth-order valence-corrected chi connectivity index (χ4v) is 5.60. The normalized spacial score (nSPS) is 23.2. The lowest BCUT2D eigenvalue weighted by Crippen LogP contribution is -2.52. The summed E-state index contributed by atoms with van der Waals surface area (Å²) in [5.41, 5.74) is 1.66. The van der Waals surface area contributed by atoms with Gasteiger partial charge in [0.25, 0.3) is 5.91 Å². The van der Waals surface area contributed by atoms with E-state index in [4.69, 9.17) is 0 Å². The molecule has 26 heavy (non-hydrogen) atoms. The fourth-order valence-electron chi connectivity index (χ4n) is 3.84. The molecule has 0 unspecified atom stereocenters. The van der Waals surface area contributed by atoms with Crippen LogP contribution in [0.3, 0.4) is 0 Å². The number of piperazine rings is 1. The molecule has 0 spiro atoms. The third-order valence-corrected chi connectivity index (χ3v) is 7.07. The van der Waals surface area contributed by atoms with Crippen LogP contribution in [0.15, 0.2) is 48.8 Å². The Morgan fingerprint density at radius 1 is 1.00 bits per heavy atom. The number of amides is 1. The molecule has 1 atom stereocenters. The first-order valence-corrected chi connectivity index (χ1v) is 10.8. The topological polar surface area (TPSA) is 62.6 Å². The standard InChI is InChI=1S/C19H23N3O3S/c23-19(16-4-3-5-17(14-16)20-7-1-2-8-20)22-11-9-21(10-12-22)18-6-13-26(24,25)15-18/h1-5,7-8,14,18H,6,9-13,15H2/t18-/m1/s1. The van der Waals surface area contributed by atoms with Gasteiger partial charge in [-0.3, -0.25) is 9.69 Å². The number of aromatic nitrogens is 1. The number of rotatable bonds is 3. The number of nitrogens with zero attached hydrogens (tertiary/aromatic N) is 3. The molecule has 2 fully saturated rings. The lowest BCUT2D eigenvalue weighted by atomic mass is 10.1. The van der Waals surface area contributed by atoms with Gasteiger partial charge >= 0.3 is 0 Å². The molecule has 3 heterocycles. The molecule has 0 N–H and O–H groups in total. The first-order chi connectivity index (χ1) is 12.5. The maximum Gasteiger partial charge on any atom is 0.254 e. The summed E-state index contributed by atoms with van der Waals surface area (Å²) in [6.45, 7) is 2.76. The van der Waals surface area contributed by atoms with Crippen LogP contribution in [0.5, 0.6) is 0 Å².